The quantitative estimate of drug-likeness (QED) is 0.288. The summed E-state index contributed by atoms with van der Waals surface area (Å²) in [5.74, 6) is 0.909. The lowest BCUT2D eigenvalue weighted by atomic mass is 10.0. The van der Waals surface area contributed by atoms with Gasteiger partial charge in [0.1, 0.15) is 5.69 Å². The van der Waals surface area contributed by atoms with Crippen molar-refractivity contribution >= 4 is 29.5 Å². The van der Waals surface area contributed by atoms with Gasteiger partial charge in [0, 0.05) is 24.8 Å². The summed E-state index contributed by atoms with van der Waals surface area (Å²) in [7, 11) is 3.14. The van der Waals surface area contributed by atoms with E-state index in [0.717, 1.165) is 12.0 Å². The van der Waals surface area contributed by atoms with Gasteiger partial charge in [-0.2, -0.15) is 5.10 Å². The summed E-state index contributed by atoms with van der Waals surface area (Å²) >= 11 is 5.27. The Bertz CT molecular complexity index is 680. The molecular formula is C16H20N4O2S. The minimum absolute atomic E-state index is 0.373. The summed E-state index contributed by atoms with van der Waals surface area (Å²) < 4.78 is 6.42. The zero-order valence-corrected chi connectivity index (χ0v) is 14.0. The number of nitrogens with one attached hydrogen (secondary N) is 2. The van der Waals surface area contributed by atoms with E-state index in [2.05, 4.69) is 28.0 Å². The van der Waals surface area contributed by atoms with Crippen molar-refractivity contribution in [2.24, 2.45) is 24.0 Å². The Balaban J connectivity index is 1.51. The average Bonchev–Trinajstić information content (AvgIpc) is 3.22. The number of hydrogen-bond acceptors (Lipinski definition) is 4. The van der Waals surface area contributed by atoms with Gasteiger partial charge in [0.25, 0.3) is 0 Å². The van der Waals surface area contributed by atoms with E-state index in [1.54, 1.807) is 30.1 Å². The predicted molar refractivity (Wildman–Crippen MR) is 92.4 cm³/mol. The molecule has 7 heteroatoms. The first-order valence-corrected chi connectivity index (χ1v) is 8.00. The van der Waals surface area contributed by atoms with Gasteiger partial charge in [-0.1, -0.05) is 12.2 Å². The van der Waals surface area contributed by atoms with E-state index in [0.29, 0.717) is 28.7 Å². The lowest BCUT2D eigenvalue weighted by Crippen LogP contribution is -2.42. The standard InChI is InChI=1S/C16H20N4O2S/c1-20-9-11(7-14(20)15(21)22-2)8-17-19-16(23)18-13-6-10-3-4-12(13)5-10/h3-4,7-10,12-13H,5-6H2,1-2H3,(H2,18,19,23)/b17-8-/t10-,12-,13-/m0/s1. The molecule has 1 saturated carbocycles. The van der Waals surface area contributed by atoms with Gasteiger partial charge >= 0.3 is 5.97 Å². The predicted octanol–water partition coefficient (Wildman–Crippen LogP) is 1.57. The summed E-state index contributed by atoms with van der Waals surface area (Å²) in [5, 5.41) is 7.96. The molecule has 0 aromatic carbocycles. The molecule has 0 saturated heterocycles. The lowest BCUT2D eigenvalue weighted by molar-refractivity contribution is 0.0590. The third-order valence-electron chi connectivity index (χ3n) is 4.40. The molecular weight excluding hydrogens is 312 g/mol. The van der Waals surface area contributed by atoms with E-state index in [9.17, 15) is 4.79 Å². The maximum Gasteiger partial charge on any atom is 0.354 e. The van der Waals surface area contributed by atoms with Gasteiger partial charge in [0.2, 0.25) is 0 Å². The number of hydrogen-bond donors (Lipinski definition) is 2. The summed E-state index contributed by atoms with van der Waals surface area (Å²) in [5.41, 5.74) is 4.10. The second kappa shape index (κ2) is 6.54. The van der Waals surface area contributed by atoms with E-state index in [1.165, 1.54) is 13.5 Å². The Morgan fingerprint density at radius 1 is 1.48 bits per heavy atom. The minimum atomic E-state index is -0.373. The highest BCUT2D eigenvalue weighted by molar-refractivity contribution is 7.80. The second-order valence-electron chi connectivity index (χ2n) is 5.99. The largest absolute Gasteiger partial charge is 0.464 e. The van der Waals surface area contributed by atoms with Gasteiger partial charge < -0.3 is 14.6 Å². The van der Waals surface area contributed by atoms with E-state index < -0.39 is 0 Å². The fourth-order valence-electron chi connectivity index (χ4n) is 3.28. The highest BCUT2D eigenvalue weighted by Gasteiger charge is 2.35. The molecule has 2 bridgehead atoms. The molecule has 1 aromatic rings. The monoisotopic (exact) mass is 332 g/mol. The third-order valence-corrected chi connectivity index (χ3v) is 4.60. The number of esters is 1. The number of carbonyl (C=O) groups is 1. The molecule has 122 valence electrons. The van der Waals surface area contributed by atoms with Crippen LogP contribution >= 0.6 is 12.2 Å². The van der Waals surface area contributed by atoms with Crippen LogP contribution in [0.15, 0.2) is 29.5 Å². The highest BCUT2D eigenvalue weighted by Crippen LogP contribution is 2.38. The molecule has 0 unspecified atom stereocenters. The molecule has 2 aliphatic carbocycles. The van der Waals surface area contributed by atoms with Crippen LogP contribution < -0.4 is 10.7 Å². The Hall–Kier alpha value is -2.15. The van der Waals surface area contributed by atoms with Gasteiger partial charge in [-0.15, -0.1) is 0 Å². The van der Waals surface area contributed by atoms with E-state index in [1.807, 2.05) is 0 Å². The van der Waals surface area contributed by atoms with Crippen LogP contribution in [0.4, 0.5) is 0 Å². The van der Waals surface area contributed by atoms with Crippen molar-refractivity contribution in [3.05, 3.63) is 35.7 Å². The number of rotatable bonds is 4. The van der Waals surface area contributed by atoms with Crippen LogP contribution in [-0.2, 0) is 11.8 Å². The van der Waals surface area contributed by atoms with Gasteiger partial charge in [-0.3, -0.25) is 5.43 Å². The molecule has 1 fully saturated rings. The van der Waals surface area contributed by atoms with Gasteiger partial charge in [-0.05, 0) is 43.0 Å². The van der Waals surface area contributed by atoms with Crippen molar-refractivity contribution in [1.82, 2.24) is 15.3 Å². The summed E-state index contributed by atoms with van der Waals surface area (Å²) in [6.45, 7) is 0. The first-order valence-electron chi connectivity index (χ1n) is 7.59. The first kappa shape index (κ1) is 15.7. The number of nitrogens with zero attached hydrogens (tertiary/aromatic N) is 2. The van der Waals surface area contributed by atoms with Crippen molar-refractivity contribution in [2.45, 2.75) is 18.9 Å². The molecule has 0 amide bonds. The molecule has 3 rings (SSSR count). The maximum absolute atomic E-state index is 11.5. The van der Waals surface area contributed by atoms with Crippen LogP contribution in [0, 0.1) is 11.8 Å². The van der Waals surface area contributed by atoms with E-state index in [-0.39, 0.29) is 5.97 Å². The summed E-state index contributed by atoms with van der Waals surface area (Å²) in [6.07, 6.45) is 10.4. The normalized spacial score (nSPS) is 25.0. The molecule has 2 aliphatic rings. The van der Waals surface area contributed by atoms with Crippen LogP contribution in [0.2, 0.25) is 0 Å². The smallest absolute Gasteiger partial charge is 0.354 e. The van der Waals surface area contributed by atoms with Crippen molar-refractivity contribution in [1.29, 1.82) is 0 Å². The van der Waals surface area contributed by atoms with Crippen LogP contribution in [-0.4, -0.2) is 35.0 Å². The highest BCUT2D eigenvalue weighted by atomic mass is 32.1. The Kier molecular flexibility index (Phi) is 4.47. The lowest BCUT2D eigenvalue weighted by Gasteiger charge is -2.20. The molecule has 2 N–H and O–H groups in total. The number of fused-ring (bicyclic) bond motifs is 2. The molecule has 6 nitrogen and oxygen atoms in total. The SMILES string of the molecule is COC(=O)c1cc(/C=N\NC(=S)N[C@H]2C[C@H]3C=C[C@H]2C3)cn1C. The zero-order chi connectivity index (χ0) is 16.4. The number of carbonyl (C=O) groups excluding carboxylic acids is 1. The molecule has 0 spiro atoms. The molecule has 1 aromatic heterocycles. The molecule has 3 atom stereocenters. The van der Waals surface area contributed by atoms with Crippen LogP contribution in [0.1, 0.15) is 28.9 Å². The van der Waals surface area contributed by atoms with E-state index in [4.69, 9.17) is 17.0 Å². The number of thiocarbonyl (C=S) groups is 1. The van der Waals surface area contributed by atoms with Crippen molar-refractivity contribution in [3.63, 3.8) is 0 Å². The van der Waals surface area contributed by atoms with Crippen molar-refractivity contribution in [2.75, 3.05) is 7.11 Å². The number of aromatic nitrogens is 1. The van der Waals surface area contributed by atoms with E-state index >= 15 is 0 Å². The number of allylic oxidation sites excluding steroid dienone is 1. The molecule has 0 radical (unpaired) electrons. The Morgan fingerprint density at radius 3 is 2.96 bits per heavy atom. The van der Waals surface area contributed by atoms with Gasteiger partial charge in [0.05, 0.1) is 13.3 Å². The van der Waals surface area contributed by atoms with Crippen LogP contribution in [0.5, 0.6) is 0 Å². The maximum atomic E-state index is 11.5. The molecule has 1 heterocycles. The van der Waals surface area contributed by atoms with Crippen LogP contribution in [0.25, 0.3) is 0 Å². The number of aryl methyl sites for hydroxylation is 1. The fourth-order valence-corrected chi connectivity index (χ4v) is 3.49. The number of ether oxygens (including phenoxy) is 1. The second-order valence-corrected chi connectivity index (χ2v) is 6.40. The topological polar surface area (TPSA) is 67.7 Å². The Labute approximate surface area is 140 Å². The van der Waals surface area contributed by atoms with Gasteiger partial charge in [-0.25, -0.2) is 4.79 Å². The fraction of sp³-hybridized carbons (Fsp3) is 0.438. The summed E-state index contributed by atoms with van der Waals surface area (Å²) in [4.78, 5) is 11.5. The number of hydrazone groups is 1. The van der Waals surface area contributed by atoms with Crippen molar-refractivity contribution < 1.29 is 9.53 Å². The molecule has 23 heavy (non-hydrogen) atoms. The van der Waals surface area contributed by atoms with Crippen molar-refractivity contribution in [3.8, 4) is 0 Å². The van der Waals surface area contributed by atoms with Gasteiger partial charge in [0.15, 0.2) is 5.11 Å². The zero-order valence-electron chi connectivity index (χ0n) is 13.2. The third kappa shape index (κ3) is 3.44. The summed E-state index contributed by atoms with van der Waals surface area (Å²) in [6, 6.07) is 2.12. The molecule has 0 aliphatic heterocycles. The first-order chi connectivity index (χ1) is 11.1. The number of methoxy groups -OCH3 is 1. The average molecular weight is 332 g/mol. The minimum Gasteiger partial charge on any atom is -0.464 e. The Morgan fingerprint density at radius 2 is 2.30 bits per heavy atom. The van der Waals surface area contributed by atoms with Crippen LogP contribution in [0.3, 0.4) is 0 Å².